The summed E-state index contributed by atoms with van der Waals surface area (Å²) in [6.45, 7) is 3.38. The standard InChI is InChI=1S/C11H14N2O4/c1-6(2)10(16)12-13-11(17)7-3-4-8(14)9(15)5-7/h3-6,14-15H,1-2H3,(H,12,16)(H,13,17). The molecule has 0 aromatic heterocycles. The molecule has 0 aliphatic heterocycles. The van der Waals surface area contributed by atoms with Crippen LogP contribution in [0.4, 0.5) is 0 Å². The van der Waals surface area contributed by atoms with E-state index in [0.717, 1.165) is 6.07 Å². The first-order chi connectivity index (χ1) is 7.91. The van der Waals surface area contributed by atoms with E-state index in [9.17, 15) is 14.7 Å². The fraction of sp³-hybridized carbons (Fsp3) is 0.273. The van der Waals surface area contributed by atoms with Crippen LogP contribution in [0, 0.1) is 5.92 Å². The number of amides is 2. The molecular formula is C11H14N2O4. The highest BCUT2D eigenvalue weighted by Gasteiger charge is 2.11. The summed E-state index contributed by atoms with van der Waals surface area (Å²) in [6, 6.07) is 3.62. The zero-order valence-corrected chi connectivity index (χ0v) is 9.52. The van der Waals surface area contributed by atoms with Crippen molar-refractivity contribution in [2.24, 2.45) is 5.92 Å². The first-order valence-corrected chi connectivity index (χ1v) is 5.04. The zero-order valence-electron chi connectivity index (χ0n) is 9.52. The van der Waals surface area contributed by atoms with E-state index in [1.807, 2.05) is 0 Å². The number of hydrazine groups is 1. The second-order valence-corrected chi connectivity index (χ2v) is 3.80. The number of phenols is 2. The molecule has 0 bridgehead atoms. The van der Waals surface area contributed by atoms with Crippen molar-refractivity contribution >= 4 is 11.8 Å². The van der Waals surface area contributed by atoms with Crippen molar-refractivity contribution in [2.45, 2.75) is 13.8 Å². The molecule has 0 unspecified atom stereocenters. The Bertz CT molecular complexity index is 443. The van der Waals surface area contributed by atoms with Crippen LogP contribution in [0.25, 0.3) is 0 Å². The summed E-state index contributed by atoms with van der Waals surface area (Å²) in [4.78, 5) is 22.7. The van der Waals surface area contributed by atoms with Crippen molar-refractivity contribution < 1.29 is 19.8 Å². The Morgan fingerprint density at radius 1 is 1.12 bits per heavy atom. The molecule has 0 radical (unpaired) electrons. The molecule has 1 aromatic rings. The number of rotatable bonds is 2. The van der Waals surface area contributed by atoms with Crippen LogP contribution in [0.5, 0.6) is 11.5 Å². The van der Waals surface area contributed by atoms with Gasteiger partial charge in [-0.05, 0) is 18.2 Å². The largest absolute Gasteiger partial charge is 0.504 e. The summed E-state index contributed by atoms with van der Waals surface area (Å²) in [6.07, 6.45) is 0. The number of carbonyl (C=O) groups excluding carboxylic acids is 2. The summed E-state index contributed by atoms with van der Waals surface area (Å²) in [5.41, 5.74) is 4.56. The highest BCUT2D eigenvalue weighted by atomic mass is 16.3. The summed E-state index contributed by atoms with van der Waals surface area (Å²) >= 11 is 0. The molecule has 6 nitrogen and oxygen atoms in total. The molecular weight excluding hydrogens is 224 g/mol. The minimum atomic E-state index is -0.575. The van der Waals surface area contributed by atoms with Crippen molar-refractivity contribution in [3.05, 3.63) is 23.8 Å². The van der Waals surface area contributed by atoms with Gasteiger partial charge in [0.25, 0.3) is 5.91 Å². The normalized spacial score (nSPS) is 10.1. The Balaban J connectivity index is 2.64. The lowest BCUT2D eigenvalue weighted by Crippen LogP contribution is -2.43. The molecule has 0 atom stereocenters. The summed E-state index contributed by atoms with van der Waals surface area (Å²) < 4.78 is 0. The van der Waals surface area contributed by atoms with E-state index >= 15 is 0 Å². The average molecular weight is 238 g/mol. The predicted molar refractivity (Wildman–Crippen MR) is 60.2 cm³/mol. The minimum absolute atomic E-state index is 0.129. The van der Waals surface area contributed by atoms with Crippen LogP contribution >= 0.6 is 0 Å². The van der Waals surface area contributed by atoms with E-state index in [-0.39, 0.29) is 23.1 Å². The van der Waals surface area contributed by atoms with Gasteiger partial charge in [-0.25, -0.2) is 0 Å². The third-order valence-corrected chi connectivity index (χ3v) is 2.06. The molecule has 92 valence electrons. The van der Waals surface area contributed by atoms with Gasteiger partial charge in [0, 0.05) is 11.5 Å². The van der Waals surface area contributed by atoms with E-state index in [0.29, 0.717) is 0 Å². The number of hydrogen-bond acceptors (Lipinski definition) is 4. The fourth-order valence-electron chi connectivity index (χ4n) is 1.000. The van der Waals surface area contributed by atoms with Gasteiger partial charge in [-0.2, -0.15) is 0 Å². The van der Waals surface area contributed by atoms with Crippen molar-refractivity contribution in [2.75, 3.05) is 0 Å². The lowest BCUT2D eigenvalue weighted by molar-refractivity contribution is -0.124. The third-order valence-electron chi connectivity index (χ3n) is 2.06. The third kappa shape index (κ3) is 3.37. The molecule has 2 amide bonds. The highest BCUT2D eigenvalue weighted by Crippen LogP contribution is 2.24. The van der Waals surface area contributed by atoms with Gasteiger partial charge < -0.3 is 10.2 Å². The molecule has 0 saturated heterocycles. The average Bonchev–Trinajstić information content (AvgIpc) is 2.28. The number of nitrogens with one attached hydrogen (secondary N) is 2. The lowest BCUT2D eigenvalue weighted by Gasteiger charge is -2.09. The topological polar surface area (TPSA) is 98.7 Å². The number of carbonyl (C=O) groups is 2. The Morgan fingerprint density at radius 3 is 2.29 bits per heavy atom. The van der Waals surface area contributed by atoms with Gasteiger partial charge in [0.2, 0.25) is 5.91 Å². The minimum Gasteiger partial charge on any atom is -0.504 e. The van der Waals surface area contributed by atoms with Crippen LogP contribution in [0.3, 0.4) is 0 Å². The van der Waals surface area contributed by atoms with Gasteiger partial charge in [0.05, 0.1) is 0 Å². The van der Waals surface area contributed by atoms with Crippen LogP contribution in [0.15, 0.2) is 18.2 Å². The number of hydrogen-bond donors (Lipinski definition) is 4. The first-order valence-electron chi connectivity index (χ1n) is 5.04. The molecule has 0 spiro atoms. The van der Waals surface area contributed by atoms with Crippen molar-refractivity contribution in [3.8, 4) is 11.5 Å². The Hall–Kier alpha value is -2.24. The monoisotopic (exact) mass is 238 g/mol. The number of benzene rings is 1. The predicted octanol–water partition coefficient (Wildman–Crippen LogP) is 0.515. The molecule has 0 aliphatic carbocycles. The first kappa shape index (κ1) is 12.8. The number of aromatic hydroxyl groups is 2. The van der Waals surface area contributed by atoms with Gasteiger partial charge >= 0.3 is 0 Å². The molecule has 1 rings (SSSR count). The van der Waals surface area contributed by atoms with Crippen LogP contribution in [0.2, 0.25) is 0 Å². The quantitative estimate of drug-likeness (QED) is 0.445. The van der Waals surface area contributed by atoms with Gasteiger partial charge in [0.1, 0.15) is 0 Å². The van der Waals surface area contributed by atoms with Gasteiger partial charge in [-0.3, -0.25) is 20.4 Å². The summed E-state index contributed by atoms with van der Waals surface area (Å²) in [7, 11) is 0. The smallest absolute Gasteiger partial charge is 0.269 e. The SMILES string of the molecule is CC(C)C(=O)NNC(=O)c1ccc(O)c(O)c1. The molecule has 4 N–H and O–H groups in total. The maximum Gasteiger partial charge on any atom is 0.269 e. The maximum atomic E-state index is 11.5. The molecule has 17 heavy (non-hydrogen) atoms. The van der Waals surface area contributed by atoms with Crippen molar-refractivity contribution in [1.82, 2.24) is 10.9 Å². The van der Waals surface area contributed by atoms with E-state index < -0.39 is 11.7 Å². The molecule has 0 fully saturated rings. The van der Waals surface area contributed by atoms with Gasteiger partial charge in [-0.1, -0.05) is 13.8 Å². The highest BCUT2D eigenvalue weighted by molar-refractivity contribution is 5.96. The van der Waals surface area contributed by atoms with Crippen molar-refractivity contribution in [3.63, 3.8) is 0 Å². The van der Waals surface area contributed by atoms with E-state index in [1.54, 1.807) is 13.8 Å². The summed E-state index contributed by atoms with van der Waals surface area (Å²) in [5, 5.41) is 18.3. The van der Waals surface area contributed by atoms with Crippen LogP contribution in [0.1, 0.15) is 24.2 Å². The number of phenolic OH excluding ortho intramolecular Hbond substituents is 2. The molecule has 6 heteroatoms. The van der Waals surface area contributed by atoms with Crippen LogP contribution in [-0.4, -0.2) is 22.0 Å². The van der Waals surface area contributed by atoms with Crippen LogP contribution in [-0.2, 0) is 4.79 Å². The fourth-order valence-corrected chi connectivity index (χ4v) is 1.000. The Kier molecular flexibility index (Phi) is 3.92. The summed E-state index contributed by atoms with van der Waals surface area (Å²) in [5.74, 6) is -1.85. The molecule has 0 saturated carbocycles. The Labute approximate surface area is 98.2 Å². The van der Waals surface area contributed by atoms with Gasteiger partial charge in [-0.15, -0.1) is 0 Å². The van der Waals surface area contributed by atoms with Crippen LogP contribution < -0.4 is 10.9 Å². The molecule has 0 heterocycles. The maximum absolute atomic E-state index is 11.5. The Morgan fingerprint density at radius 2 is 1.76 bits per heavy atom. The lowest BCUT2D eigenvalue weighted by atomic mass is 10.2. The van der Waals surface area contributed by atoms with Crippen molar-refractivity contribution in [1.29, 1.82) is 0 Å². The molecule has 0 aliphatic rings. The van der Waals surface area contributed by atoms with Gasteiger partial charge in [0.15, 0.2) is 11.5 Å². The van der Waals surface area contributed by atoms with E-state index in [1.165, 1.54) is 12.1 Å². The zero-order chi connectivity index (χ0) is 13.0. The van der Waals surface area contributed by atoms with E-state index in [2.05, 4.69) is 10.9 Å². The second-order valence-electron chi connectivity index (χ2n) is 3.80. The van der Waals surface area contributed by atoms with E-state index in [4.69, 9.17) is 5.11 Å². The second kappa shape index (κ2) is 5.20. The molecule has 1 aromatic carbocycles.